The van der Waals surface area contributed by atoms with E-state index >= 15 is 0 Å². The highest BCUT2D eigenvalue weighted by atomic mass is 16.5. The van der Waals surface area contributed by atoms with Gasteiger partial charge in [-0.25, -0.2) is 0 Å². The van der Waals surface area contributed by atoms with E-state index in [1.165, 1.54) is 12.8 Å². The van der Waals surface area contributed by atoms with E-state index in [2.05, 4.69) is 12.2 Å². The van der Waals surface area contributed by atoms with Crippen LogP contribution in [0.2, 0.25) is 0 Å². The maximum atomic E-state index is 5.28. The van der Waals surface area contributed by atoms with E-state index in [1.54, 1.807) is 0 Å². The molecule has 0 saturated heterocycles. The molecule has 10 heavy (non-hydrogen) atoms. The molecule has 0 aromatic carbocycles. The Balaban J connectivity index is 3.21. The molecule has 0 fully saturated rings. The van der Waals surface area contributed by atoms with Crippen LogP contribution < -0.4 is 5.32 Å². The zero-order chi connectivity index (χ0) is 7.82. The first-order valence-electron chi connectivity index (χ1n) is 4.10. The van der Waals surface area contributed by atoms with Crippen LogP contribution in [-0.2, 0) is 4.74 Å². The first-order valence-corrected chi connectivity index (χ1v) is 4.10. The third kappa shape index (κ3) is 4.77. The standard InChI is InChI=1S/C8H19NO/c1-4-6-8(9-3)7-10-5-2/h8-9H,4-7H2,1-3H3/t8-/m0/s1. The van der Waals surface area contributed by atoms with E-state index < -0.39 is 0 Å². The van der Waals surface area contributed by atoms with Gasteiger partial charge in [-0.2, -0.15) is 0 Å². The Kier molecular flexibility index (Phi) is 6.98. The van der Waals surface area contributed by atoms with Gasteiger partial charge >= 0.3 is 0 Å². The number of hydrogen-bond acceptors (Lipinski definition) is 2. The summed E-state index contributed by atoms with van der Waals surface area (Å²) >= 11 is 0. The van der Waals surface area contributed by atoms with E-state index in [-0.39, 0.29) is 0 Å². The molecule has 0 bridgehead atoms. The molecule has 0 heterocycles. The SMILES string of the molecule is CCC[C@@H](COCC)NC. The molecule has 0 aromatic heterocycles. The molecule has 0 aliphatic carbocycles. The summed E-state index contributed by atoms with van der Waals surface area (Å²) in [4.78, 5) is 0. The van der Waals surface area contributed by atoms with Gasteiger partial charge in [0.1, 0.15) is 0 Å². The Morgan fingerprint density at radius 2 is 2.10 bits per heavy atom. The summed E-state index contributed by atoms with van der Waals surface area (Å²) in [6, 6.07) is 0.546. The summed E-state index contributed by atoms with van der Waals surface area (Å²) < 4.78 is 5.28. The van der Waals surface area contributed by atoms with Crippen LogP contribution >= 0.6 is 0 Å². The van der Waals surface area contributed by atoms with Crippen molar-refractivity contribution < 1.29 is 4.74 Å². The topological polar surface area (TPSA) is 21.3 Å². The van der Waals surface area contributed by atoms with Gasteiger partial charge in [0.25, 0.3) is 0 Å². The molecule has 0 aromatic rings. The third-order valence-corrected chi connectivity index (χ3v) is 1.57. The lowest BCUT2D eigenvalue weighted by atomic mass is 10.2. The zero-order valence-electron chi connectivity index (χ0n) is 7.31. The lowest BCUT2D eigenvalue weighted by Crippen LogP contribution is -2.30. The van der Waals surface area contributed by atoms with Crippen LogP contribution in [0.3, 0.4) is 0 Å². The Labute approximate surface area is 64.0 Å². The van der Waals surface area contributed by atoms with Crippen molar-refractivity contribution in [2.24, 2.45) is 0 Å². The maximum Gasteiger partial charge on any atom is 0.0619 e. The first-order chi connectivity index (χ1) is 4.85. The first kappa shape index (κ1) is 9.92. The maximum absolute atomic E-state index is 5.28. The number of hydrogen-bond donors (Lipinski definition) is 1. The third-order valence-electron chi connectivity index (χ3n) is 1.57. The molecule has 2 nitrogen and oxygen atoms in total. The number of likely N-dealkylation sites (N-methyl/N-ethyl adjacent to an activating group) is 1. The average molecular weight is 145 g/mol. The molecule has 0 aliphatic rings. The van der Waals surface area contributed by atoms with Crippen LogP contribution in [0.25, 0.3) is 0 Å². The molecule has 0 amide bonds. The fourth-order valence-corrected chi connectivity index (χ4v) is 0.920. The van der Waals surface area contributed by atoms with Crippen LogP contribution in [0.4, 0.5) is 0 Å². The van der Waals surface area contributed by atoms with E-state index in [0.29, 0.717) is 6.04 Å². The van der Waals surface area contributed by atoms with Crippen molar-refractivity contribution >= 4 is 0 Å². The van der Waals surface area contributed by atoms with Crippen LogP contribution in [-0.4, -0.2) is 26.3 Å². The monoisotopic (exact) mass is 145 g/mol. The van der Waals surface area contributed by atoms with Crippen molar-refractivity contribution in [3.05, 3.63) is 0 Å². The quantitative estimate of drug-likeness (QED) is 0.610. The van der Waals surface area contributed by atoms with Crippen molar-refractivity contribution in [2.45, 2.75) is 32.7 Å². The predicted octanol–water partition coefficient (Wildman–Crippen LogP) is 1.41. The minimum Gasteiger partial charge on any atom is -0.380 e. The predicted molar refractivity (Wildman–Crippen MR) is 44.2 cm³/mol. The summed E-state index contributed by atoms with van der Waals surface area (Å²) in [5.74, 6) is 0. The molecule has 0 aliphatic heterocycles. The fourth-order valence-electron chi connectivity index (χ4n) is 0.920. The summed E-state index contributed by atoms with van der Waals surface area (Å²) in [5.41, 5.74) is 0. The molecule has 0 rings (SSSR count). The highest BCUT2D eigenvalue weighted by Gasteiger charge is 2.02. The number of ether oxygens (including phenoxy) is 1. The lowest BCUT2D eigenvalue weighted by molar-refractivity contribution is 0.122. The fraction of sp³-hybridized carbons (Fsp3) is 1.00. The largest absolute Gasteiger partial charge is 0.380 e. The zero-order valence-corrected chi connectivity index (χ0v) is 7.31. The van der Waals surface area contributed by atoms with Crippen molar-refractivity contribution in [1.82, 2.24) is 5.32 Å². The van der Waals surface area contributed by atoms with Gasteiger partial charge in [-0.1, -0.05) is 13.3 Å². The molecule has 0 spiro atoms. The van der Waals surface area contributed by atoms with Gasteiger partial charge in [0, 0.05) is 12.6 Å². The van der Waals surface area contributed by atoms with E-state index in [9.17, 15) is 0 Å². The van der Waals surface area contributed by atoms with Gasteiger partial charge < -0.3 is 10.1 Å². The van der Waals surface area contributed by atoms with Crippen molar-refractivity contribution in [3.63, 3.8) is 0 Å². The molecule has 0 saturated carbocycles. The molecular formula is C8H19NO. The molecule has 0 unspecified atom stereocenters. The Morgan fingerprint density at radius 3 is 2.50 bits per heavy atom. The summed E-state index contributed by atoms with van der Waals surface area (Å²) in [6.45, 7) is 5.89. The molecule has 0 radical (unpaired) electrons. The molecule has 62 valence electrons. The van der Waals surface area contributed by atoms with Crippen molar-refractivity contribution in [2.75, 3.05) is 20.3 Å². The van der Waals surface area contributed by atoms with Gasteiger partial charge in [0.15, 0.2) is 0 Å². The summed E-state index contributed by atoms with van der Waals surface area (Å²) in [5, 5.41) is 3.21. The smallest absolute Gasteiger partial charge is 0.0619 e. The highest BCUT2D eigenvalue weighted by Crippen LogP contribution is 1.95. The Hall–Kier alpha value is -0.0800. The van der Waals surface area contributed by atoms with E-state index in [4.69, 9.17) is 4.74 Å². The van der Waals surface area contributed by atoms with Crippen LogP contribution in [0, 0.1) is 0 Å². The second-order valence-electron chi connectivity index (χ2n) is 2.43. The van der Waals surface area contributed by atoms with Gasteiger partial charge in [0.2, 0.25) is 0 Å². The minimum absolute atomic E-state index is 0.546. The van der Waals surface area contributed by atoms with Crippen LogP contribution in [0.1, 0.15) is 26.7 Å². The average Bonchev–Trinajstić information content (AvgIpc) is 1.98. The summed E-state index contributed by atoms with van der Waals surface area (Å²) in [6.07, 6.45) is 2.43. The number of nitrogens with one attached hydrogen (secondary N) is 1. The molecule has 1 atom stereocenters. The summed E-state index contributed by atoms with van der Waals surface area (Å²) in [7, 11) is 1.99. The minimum atomic E-state index is 0.546. The second-order valence-corrected chi connectivity index (χ2v) is 2.43. The van der Waals surface area contributed by atoms with Gasteiger partial charge in [0.05, 0.1) is 6.61 Å². The number of rotatable bonds is 6. The Morgan fingerprint density at radius 1 is 1.40 bits per heavy atom. The van der Waals surface area contributed by atoms with Crippen LogP contribution in [0.5, 0.6) is 0 Å². The molecule has 1 N–H and O–H groups in total. The van der Waals surface area contributed by atoms with E-state index in [1.807, 2.05) is 14.0 Å². The van der Waals surface area contributed by atoms with Gasteiger partial charge in [-0.05, 0) is 20.4 Å². The second kappa shape index (κ2) is 7.03. The van der Waals surface area contributed by atoms with E-state index in [0.717, 1.165) is 13.2 Å². The van der Waals surface area contributed by atoms with Crippen molar-refractivity contribution in [3.8, 4) is 0 Å². The lowest BCUT2D eigenvalue weighted by Gasteiger charge is -2.13. The Bertz CT molecular complexity index is 66.3. The molecule has 2 heteroatoms. The van der Waals surface area contributed by atoms with Crippen LogP contribution in [0.15, 0.2) is 0 Å². The van der Waals surface area contributed by atoms with Gasteiger partial charge in [-0.15, -0.1) is 0 Å². The normalized spacial score (nSPS) is 13.5. The van der Waals surface area contributed by atoms with Crippen molar-refractivity contribution in [1.29, 1.82) is 0 Å². The van der Waals surface area contributed by atoms with Gasteiger partial charge in [-0.3, -0.25) is 0 Å². The highest BCUT2D eigenvalue weighted by molar-refractivity contribution is 4.61. The molecular weight excluding hydrogens is 126 g/mol.